The van der Waals surface area contributed by atoms with Crippen molar-refractivity contribution in [3.8, 4) is 11.1 Å². The van der Waals surface area contributed by atoms with Crippen LogP contribution in [0.15, 0.2) is 48.5 Å². The molecule has 2 fully saturated rings. The monoisotopic (exact) mass is 379 g/mol. The number of carboxylic acid groups (broad SMARTS) is 1. The third-order valence-electron chi connectivity index (χ3n) is 5.96. The van der Waals surface area contributed by atoms with Crippen LogP contribution in [0.3, 0.4) is 0 Å². The molecular formula is C23H25NO4. The predicted molar refractivity (Wildman–Crippen MR) is 106 cm³/mol. The van der Waals surface area contributed by atoms with Crippen LogP contribution in [-0.4, -0.2) is 35.2 Å². The fraction of sp³-hybridized carbons (Fsp3) is 0.391. The van der Waals surface area contributed by atoms with Gasteiger partial charge in [0.25, 0.3) is 5.91 Å². The van der Waals surface area contributed by atoms with E-state index in [4.69, 9.17) is 4.74 Å². The second kappa shape index (κ2) is 7.76. The lowest BCUT2D eigenvalue weighted by atomic mass is 9.88. The van der Waals surface area contributed by atoms with Gasteiger partial charge in [0.2, 0.25) is 0 Å². The van der Waals surface area contributed by atoms with Crippen molar-refractivity contribution in [2.24, 2.45) is 0 Å². The third-order valence-corrected chi connectivity index (χ3v) is 5.96. The zero-order valence-corrected chi connectivity index (χ0v) is 15.8. The summed E-state index contributed by atoms with van der Waals surface area (Å²) in [4.78, 5) is 24.7. The van der Waals surface area contributed by atoms with E-state index in [1.54, 1.807) is 36.4 Å². The molecule has 1 heterocycles. The largest absolute Gasteiger partial charge is 0.478 e. The molecule has 5 heteroatoms. The zero-order valence-electron chi connectivity index (χ0n) is 15.8. The van der Waals surface area contributed by atoms with Crippen molar-refractivity contribution in [1.29, 1.82) is 0 Å². The third kappa shape index (κ3) is 3.67. The van der Waals surface area contributed by atoms with E-state index < -0.39 is 5.97 Å². The SMILES string of the molecule is O=C(O)c1ccccc1-c1ccccc1C(=O)NC1CCOC2(CCCC2)C1. The molecule has 1 spiro atoms. The van der Waals surface area contributed by atoms with E-state index in [0.717, 1.165) is 25.7 Å². The molecule has 2 aromatic rings. The smallest absolute Gasteiger partial charge is 0.336 e. The molecular weight excluding hydrogens is 354 g/mol. The molecule has 0 aromatic heterocycles. The Balaban J connectivity index is 1.59. The average molecular weight is 379 g/mol. The normalized spacial score (nSPS) is 20.8. The van der Waals surface area contributed by atoms with E-state index in [-0.39, 0.29) is 23.1 Å². The number of hydrogen-bond donors (Lipinski definition) is 2. The fourth-order valence-electron chi connectivity index (χ4n) is 4.60. The molecule has 2 aromatic carbocycles. The number of benzene rings is 2. The maximum atomic E-state index is 13.1. The highest BCUT2D eigenvalue weighted by Gasteiger charge is 2.40. The number of carboxylic acids is 1. The van der Waals surface area contributed by atoms with Gasteiger partial charge in [0.05, 0.1) is 11.2 Å². The van der Waals surface area contributed by atoms with Crippen LogP contribution >= 0.6 is 0 Å². The quantitative estimate of drug-likeness (QED) is 0.832. The fourth-order valence-corrected chi connectivity index (χ4v) is 4.60. The van der Waals surface area contributed by atoms with Crippen molar-refractivity contribution in [3.63, 3.8) is 0 Å². The standard InChI is InChI=1S/C23H25NO4/c25-21(24-16-11-14-28-23(15-16)12-5-6-13-23)19-9-3-1-7-17(19)18-8-2-4-10-20(18)22(26)27/h1-4,7-10,16H,5-6,11-15H2,(H,24,25)(H,26,27). The van der Waals surface area contributed by atoms with Crippen LogP contribution in [0.2, 0.25) is 0 Å². The van der Waals surface area contributed by atoms with Gasteiger partial charge in [-0.3, -0.25) is 4.79 Å². The summed E-state index contributed by atoms with van der Waals surface area (Å²) < 4.78 is 6.06. The number of ether oxygens (including phenoxy) is 1. The lowest BCUT2D eigenvalue weighted by Crippen LogP contribution is -2.47. The highest BCUT2D eigenvalue weighted by molar-refractivity contribution is 6.04. The Morgan fingerprint density at radius 1 is 0.964 bits per heavy atom. The lowest BCUT2D eigenvalue weighted by molar-refractivity contribution is -0.0823. The number of amides is 1. The number of hydrogen-bond acceptors (Lipinski definition) is 3. The van der Waals surface area contributed by atoms with Crippen molar-refractivity contribution in [1.82, 2.24) is 5.32 Å². The molecule has 1 atom stereocenters. The van der Waals surface area contributed by atoms with Gasteiger partial charge in [-0.25, -0.2) is 4.79 Å². The first-order valence-corrected chi connectivity index (χ1v) is 9.95. The van der Waals surface area contributed by atoms with Crippen LogP contribution in [0.4, 0.5) is 0 Å². The Hall–Kier alpha value is -2.66. The molecule has 5 nitrogen and oxygen atoms in total. The van der Waals surface area contributed by atoms with E-state index in [1.165, 1.54) is 12.8 Å². The minimum atomic E-state index is -1.00. The molecule has 146 valence electrons. The Morgan fingerprint density at radius 3 is 2.25 bits per heavy atom. The molecule has 1 saturated carbocycles. The van der Waals surface area contributed by atoms with Gasteiger partial charge in [-0.2, -0.15) is 0 Å². The molecule has 4 rings (SSSR count). The average Bonchev–Trinajstić information content (AvgIpc) is 3.15. The molecule has 2 N–H and O–H groups in total. The van der Waals surface area contributed by atoms with Gasteiger partial charge < -0.3 is 15.2 Å². The Bertz CT molecular complexity index is 886. The van der Waals surface area contributed by atoms with Crippen LogP contribution in [-0.2, 0) is 4.74 Å². The molecule has 1 unspecified atom stereocenters. The summed E-state index contributed by atoms with van der Waals surface area (Å²) in [5.74, 6) is -1.16. The number of rotatable bonds is 4. The van der Waals surface area contributed by atoms with Crippen LogP contribution < -0.4 is 5.32 Å². The van der Waals surface area contributed by atoms with Crippen LogP contribution in [0.25, 0.3) is 11.1 Å². The maximum absolute atomic E-state index is 13.1. The van der Waals surface area contributed by atoms with E-state index in [2.05, 4.69) is 5.32 Å². The first-order chi connectivity index (χ1) is 13.6. The van der Waals surface area contributed by atoms with Crippen molar-refractivity contribution in [2.45, 2.75) is 50.2 Å². The second-order valence-electron chi connectivity index (χ2n) is 7.80. The van der Waals surface area contributed by atoms with E-state index >= 15 is 0 Å². The topological polar surface area (TPSA) is 75.6 Å². The molecule has 1 aliphatic heterocycles. The number of carbonyl (C=O) groups is 2. The molecule has 1 amide bonds. The molecule has 1 saturated heterocycles. The zero-order chi connectivity index (χ0) is 19.6. The Kier molecular flexibility index (Phi) is 5.18. The van der Waals surface area contributed by atoms with Crippen LogP contribution in [0, 0.1) is 0 Å². The first-order valence-electron chi connectivity index (χ1n) is 9.95. The van der Waals surface area contributed by atoms with Gasteiger partial charge in [0.15, 0.2) is 0 Å². The minimum Gasteiger partial charge on any atom is -0.478 e. The van der Waals surface area contributed by atoms with Crippen molar-refractivity contribution in [3.05, 3.63) is 59.7 Å². The Labute approximate surface area is 164 Å². The van der Waals surface area contributed by atoms with E-state index in [9.17, 15) is 14.7 Å². The highest BCUT2D eigenvalue weighted by Crippen LogP contribution is 2.40. The molecule has 1 aliphatic carbocycles. The minimum absolute atomic E-state index is 0.0639. The van der Waals surface area contributed by atoms with Gasteiger partial charge in [-0.1, -0.05) is 49.2 Å². The second-order valence-corrected chi connectivity index (χ2v) is 7.80. The molecule has 28 heavy (non-hydrogen) atoms. The summed E-state index contributed by atoms with van der Waals surface area (Å²) in [5.41, 5.74) is 1.83. The highest BCUT2D eigenvalue weighted by atomic mass is 16.5. The van der Waals surface area contributed by atoms with Crippen LogP contribution in [0.5, 0.6) is 0 Å². The molecule has 0 bridgehead atoms. The summed E-state index contributed by atoms with van der Waals surface area (Å²) in [6, 6.07) is 14.1. The van der Waals surface area contributed by atoms with E-state index in [0.29, 0.717) is 23.3 Å². The van der Waals surface area contributed by atoms with Crippen molar-refractivity contribution in [2.75, 3.05) is 6.61 Å². The van der Waals surface area contributed by atoms with Gasteiger partial charge in [0.1, 0.15) is 0 Å². The summed E-state index contributed by atoms with van der Waals surface area (Å²) in [6.07, 6.45) is 6.18. The predicted octanol–water partition coefficient (Wildman–Crippen LogP) is 4.27. The Morgan fingerprint density at radius 2 is 1.57 bits per heavy atom. The molecule has 0 radical (unpaired) electrons. The van der Waals surface area contributed by atoms with Gasteiger partial charge in [-0.05, 0) is 48.9 Å². The van der Waals surface area contributed by atoms with Crippen molar-refractivity contribution < 1.29 is 19.4 Å². The summed E-state index contributed by atoms with van der Waals surface area (Å²) >= 11 is 0. The molecule has 2 aliphatic rings. The van der Waals surface area contributed by atoms with E-state index in [1.807, 2.05) is 12.1 Å². The number of carbonyl (C=O) groups excluding carboxylic acids is 1. The number of nitrogens with one attached hydrogen (secondary N) is 1. The van der Waals surface area contributed by atoms with Gasteiger partial charge in [0, 0.05) is 18.2 Å². The van der Waals surface area contributed by atoms with Crippen molar-refractivity contribution >= 4 is 11.9 Å². The summed E-state index contributed by atoms with van der Waals surface area (Å²) in [5, 5.41) is 12.7. The summed E-state index contributed by atoms with van der Waals surface area (Å²) in [6.45, 7) is 0.675. The number of aromatic carboxylic acids is 1. The van der Waals surface area contributed by atoms with Crippen LogP contribution in [0.1, 0.15) is 59.2 Å². The maximum Gasteiger partial charge on any atom is 0.336 e. The lowest BCUT2D eigenvalue weighted by Gasteiger charge is -2.38. The first kappa shape index (κ1) is 18.7. The summed E-state index contributed by atoms with van der Waals surface area (Å²) in [7, 11) is 0. The van der Waals surface area contributed by atoms with Gasteiger partial charge in [-0.15, -0.1) is 0 Å². The van der Waals surface area contributed by atoms with Gasteiger partial charge >= 0.3 is 5.97 Å².